The van der Waals surface area contributed by atoms with E-state index in [1.54, 1.807) is 41.5 Å². The number of carbonyl (C=O) groups is 2. The highest BCUT2D eigenvalue weighted by Gasteiger charge is 2.34. The molecular weight excluding hydrogens is 498 g/mol. The second-order valence-electron chi connectivity index (χ2n) is 9.76. The van der Waals surface area contributed by atoms with Crippen LogP contribution in [0.4, 0.5) is 8.78 Å². The Labute approximate surface area is 217 Å². The molecule has 0 aliphatic heterocycles. The van der Waals surface area contributed by atoms with Crippen molar-refractivity contribution < 1.29 is 36.7 Å². The third-order valence-corrected chi connectivity index (χ3v) is 6.71. The highest BCUT2D eigenvalue weighted by molar-refractivity contribution is 6.29. The summed E-state index contributed by atoms with van der Waals surface area (Å²) in [6, 6.07) is 0.652. The van der Waals surface area contributed by atoms with E-state index in [0.717, 1.165) is 0 Å². The van der Waals surface area contributed by atoms with Crippen molar-refractivity contribution in [3.63, 3.8) is 0 Å². The molecule has 8 nitrogen and oxygen atoms in total. The molecule has 0 saturated heterocycles. The molecule has 202 valence electrons. The van der Waals surface area contributed by atoms with Crippen LogP contribution in [0.15, 0.2) is 33.5 Å². The van der Waals surface area contributed by atoms with E-state index in [0.29, 0.717) is 44.2 Å². The topological polar surface area (TPSA) is 131 Å². The highest BCUT2D eigenvalue weighted by Crippen LogP contribution is 2.37. The lowest BCUT2D eigenvalue weighted by molar-refractivity contribution is -0.175. The molecule has 0 spiro atoms. The summed E-state index contributed by atoms with van der Waals surface area (Å²) < 4.78 is 51.6. The molecule has 38 heavy (non-hydrogen) atoms. The first-order valence-corrected chi connectivity index (χ1v) is 12.1. The molecule has 2 aromatic heterocycles. The monoisotopic (exact) mass is 528 g/mol. The SMILES string of the molecule is Cc1coc2c(C(OC(=O)C(=O)OC(c3cc(F)c(C)c4c(C)coc34)C(C)N)C(C)N)cc(F)c(C)c12. The Balaban J connectivity index is 1.65. The summed E-state index contributed by atoms with van der Waals surface area (Å²) in [5, 5.41) is 1.06. The van der Waals surface area contributed by atoms with Crippen molar-refractivity contribution in [1.82, 2.24) is 0 Å². The molecule has 4 unspecified atom stereocenters. The third kappa shape index (κ3) is 4.65. The van der Waals surface area contributed by atoms with E-state index < -0.39 is 47.9 Å². The number of hydrogen-bond donors (Lipinski definition) is 2. The fourth-order valence-corrected chi connectivity index (χ4v) is 4.76. The predicted octanol–water partition coefficient (Wildman–Crippen LogP) is 5.25. The maximum absolute atomic E-state index is 14.8. The highest BCUT2D eigenvalue weighted by atomic mass is 19.1. The lowest BCUT2D eigenvalue weighted by atomic mass is 9.97. The molecule has 0 fully saturated rings. The number of rotatable bonds is 6. The average molecular weight is 529 g/mol. The van der Waals surface area contributed by atoms with Gasteiger partial charge in [-0.2, -0.15) is 0 Å². The van der Waals surface area contributed by atoms with Gasteiger partial charge >= 0.3 is 11.9 Å². The normalized spacial score (nSPS) is 14.9. The molecule has 4 atom stereocenters. The molecule has 0 aliphatic rings. The van der Waals surface area contributed by atoms with E-state index >= 15 is 0 Å². The van der Waals surface area contributed by atoms with Crippen LogP contribution in [0.1, 0.15) is 59.4 Å². The number of benzene rings is 2. The zero-order valence-corrected chi connectivity index (χ0v) is 22.0. The average Bonchev–Trinajstić information content (AvgIpc) is 3.43. The molecule has 0 amide bonds. The standard InChI is InChI=1S/C28H30F2N2O6/c1-11-9-35-25-17(7-19(29)13(3)21(11)25)23(15(5)31)37-27(33)28(34)38-24(16(6)32)18-8-20(30)14(4)22-12(2)10-36-26(18)22/h7-10,15-16,23-24H,31-32H2,1-6H3. The Hall–Kier alpha value is -3.76. The van der Waals surface area contributed by atoms with Gasteiger partial charge in [-0.05, 0) is 75.9 Å². The summed E-state index contributed by atoms with van der Waals surface area (Å²) in [6.07, 6.45) is 0.450. The van der Waals surface area contributed by atoms with Gasteiger partial charge in [0.05, 0.1) is 12.5 Å². The Kier molecular flexibility index (Phi) is 7.31. The minimum absolute atomic E-state index is 0.171. The van der Waals surface area contributed by atoms with Crippen LogP contribution < -0.4 is 11.5 Å². The van der Waals surface area contributed by atoms with E-state index in [-0.39, 0.29) is 11.1 Å². The van der Waals surface area contributed by atoms with Crippen LogP contribution in [-0.4, -0.2) is 24.0 Å². The Bertz CT molecular complexity index is 1440. The van der Waals surface area contributed by atoms with Crippen molar-refractivity contribution in [2.45, 2.75) is 65.8 Å². The van der Waals surface area contributed by atoms with Gasteiger partial charge in [0.1, 0.15) is 35.0 Å². The third-order valence-electron chi connectivity index (χ3n) is 6.71. The maximum atomic E-state index is 14.8. The Morgan fingerprint density at radius 3 is 1.39 bits per heavy atom. The van der Waals surface area contributed by atoms with Crippen molar-refractivity contribution in [1.29, 1.82) is 0 Å². The summed E-state index contributed by atoms with van der Waals surface area (Å²) >= 11 is 0. The molecule has 4 aromatic rings. The Morgan fingerprint density at radius 1 is 0.737 bits per heavy atom. The summed E-state index contributed by atoms with van der Waals surface area (Å²) in [4.78, 5) is 25.8. The molecular formula is C28H30F2N2O6. The number of furan rings is 2. The van der Waals surface area contributed by atoms with Crippen molar-refractivity contribution in [2.24, 2.45) is 11.5 Å². The second-order valence-corrected chi connectivity index (χ2v) is 9.76. The van der Waals surface area contributed by atoms with Crippen molar-refractivity contribution in [3.05, 3.63) is 69.7 Å². The predicted molar refractivity (Wildman–Crippen MR) is 136 cm³/mol. The largest absolute Gasteiger partial charge is 0.464 e. The molecule has 2 heterocycles. The summed E-state index contributed by atoms with van der Waals surface area (Å²) in [7, 11) is 0. The molecule has 0 saturated carbocycles. The quantitative estimate of drug-likeness (QED) is 0.256. The van der Waals surface area contributed by atoms with Gasteiger partial charge in [-0.15, -0.1) is 0 Å². The number of carbonyl (C=O) groups excluding carboxylic acids is 2. The van der Waals surface area contributed by atoms with Crippen molar-refractivity contribution in [3.8, 4) is 0 Å². The van der Waals surface area contributed by atoms with Gasteiger partial charge in [0, 0.05) is 34.0 Å². The number of fused-ring (bicyclic) bond motifs is 2. The first-order valence-electron chi connectivity index (χ1n) is 12.1. The van der Waals surface area contributed by atoms with Crippen LogP contribution in [0, 0.1) is 39.3 Å². The molecule has 0 bridgehead atoms. The second kappa shape index (κ2) is 10.2. The zero-order chi connectivity index (χ0) is 28.0. The maximum Gasteiger partial charge on any atom is 0.418 e. The number of esters is 2. The van der Waals surface area contributed by atoms with Gasteiger partial charge < -0.3 is 29.8 Å². The van der Waals surface area contributed by atoms with Crippen LogP contribution in [0.5, 0.6) is 0 Å². The van der Waals surface area contributed by atoms with Crippen LogP contribution in [-0.2, 0) is 19.1 Å². The number of ether oxygens (including phenoxy) is 2. The van der Waals surface area contributed by atoms with E-state index in [9.17, 15) is 18.4 Å². The number of aryl methyl sites for hydroxylation is 4. The first-order chi connectivity index (χ1) is 17.8. The fraction of sp³-hybridized carbons (Fsp3) is 0.357. The van der Waals surface area contributed by atoms with E-state index in [4.69, 9.17) is 29.8 Å². The van der Waals surface area contributed by atoms with Crippen LogP contribution in [0.3, 0.4) is 0 Å². The van der Waals surface area contributed by atoms with Crippen LogP contribution in [0.2, 0.25) is 0 Å². The smallest absolute Gasteiger partial charge is 0.418 e. The van der Waals surface area contributed by atoms with E-state index in [1.807, 2.05) is 0 Å². The van der Waals surface area contributed by atoms with Crippen molar-refractivity contribution >= 4 is 33.9 Å². The van der Waals surface area contributed by atoms with Gasteiger partial charge in [0.2, 0.25) is 0 Å². The lowest BCUT2D eigenvalue weighted by Gasteiger charge is -2.24. The van der Waals surface area contributed by atoms with Crippen LogP contribution in [0.25, 0.3) is 21.9 Å². The fourth-order valence-electron chi connectivity index (χ4n) is 4.76. The van der Waals surface area contributed by atoms with Gasteiger partial charge in [0.15, 0.2) is 0 Å². The van der Waals surface area contributed by atoms with Gasteiger partial charge in [-0.3, -0.25) is 0 Å². The van der Waals surface area contributed by atoms with Gasteiger partial charge in [-0.1, -0.05) is 0 Å². The molecule has 10 heteroatoms. The molecule has 0 radical (unpaired) electrons. The minimum Gasteiger partial charge on any atom is -0.464 e. The Morgan fingerprint density at radius 2 is 1.08 bits per heavy atom. The van der Waals surface area contributed by atoms with E-state index in [1.165, 1.54) is 24.7 Å². The van der Waals surface area contributed by atoms with E-state index in [2.05, 4.69) is 0 Å². The van der Waals surface area contributed by atoms with Crippen molar-refractivity contribution in [2.75, 3.05) is 0 Å². The molecule has 4 N–H and O–H groups in total. The molecule has 2 aromatic carbocycles. The zero-order valence-electron chi connectivity index (χ0n) is 22.0. The number of nitrogens with two attached hydrogens (primary N) is 2. The summed E-state index contributed by atoms with van der Waals surface area (Å²) in [5.74, 6) is -3.85. The first kappa shape index (κ1) is 27.3. The minimum atomic E-state index is -1.38. The summed E-state index contributed by atoms with van der Waals surface area (Å²) in [6.45, 7) is 9.80. The lowest BCUT2D eigenvalue weighted by Crippen LogP contribution is -2.35. The van der Waals surface area contributed by atoms with Gasteiger partial charge in [-0.25, -0.2) is 18.4 Å². The van der Waals surface area contributed by atoms with Crippen LogP contribution >= 0.6 is 0 Å². The molecule has 4 rings (SSSR count). The summed E-state index contributed by atoms with van der Waals surface area (Å²) in [5.41, 5.74) is 15.2. The number of hydrogen-bond acceptors (Lipinski definition) is 8. The van der Waals surface area contributed by atoms with Gasteiger partial charge in [0.25, 0.3) is 0 Å². The number of halogens is 2. The molecule has 0 aliphatic carbocycles.